The van der Waals surface area contributed by atoms with E-state index in [1.54, 1.807) is 11.8 Å². The Balaban J connectivity index is 0.00000220. The van der Waals surface area contributed by atoms with Gasteiger partial charge in [0.1, 0.15) is 0 Å². The summed E-state index contributed by atoms with van der Waals surface area (Å²) in [6.07, 6.45) is 3.89. The first-order valence-electron chi connectivity index (χ1n) is 7.06. The van der Waals surface area contributed by atoms with Gasteiger partial charge in [-0.15, -0.1) is 24.2 Å². The maximum atomic E-state index is 11.8. The number of hydrogen-bond acceptors (Lipinski definition) is 3. The third-order valence-corrected chi connectivity index (χ3v) is 4.94. The summed E-state index contributed by atoms with van der Waals surface area (Å²) in [5.41, 5.74) is 5.98. The minimum atomic E-state index is 0. The summed E-state index contributed by atoms with van der Waals surface area (Å²) in [7, 11) is 0. The van der Waals surface area contributed by atoms with Gasteiger partial charge in [-0.2, -0.15) is 0 Å². The molecule has 1 aliphatic carbocycles. The maximum Gasteiger partial charge on any atom is 0.220 e. The van der Waals surface area contributed by atoms with Gasteiger partial charge in [0.05, 0.1) is 0 Å². The van der Waals surface area contributed by atoms with Crippen LogP contribution in [0, 0.1) is 5.92 Å². The van der Waals surface area contributed by atoms with Crippen LogP contribution < -0.4 is 11.1 Å². The Morgan fingerprint density at radius 3 is 2.67 bits per heavy atom. The quantitative estimate of drug-likeness (QED) is 0.611. The Morgan fingerprint density at radius 2 is 2.05 bits per heavy atom. The Labute approximate surface area is 141 Å². The number of carbonyl (C=O) groups is 1. The summed E-state index contributed by atoms with van der Waals surface area (Å²) in [4.78, 5) is 13.0. The van der Waals surface area contributed by atoms with Crippen molar-refractivity contribution in [3.05, 3.63) is 29.3 Å². The second-order valence-corrected chi connectivity index (χ2v) is 6.82. The van der Waals surface area contributed by atoms with Crippen LogP contribution in [0.25, 0.3) is 0 Å². The van der Waals surface area contributed by atoms with Gasteiger partial charge in [0, 0.05) is 34.7 Å². The van der Waals surface area contributed by atoms with Crippen molar-refractivity contribution in [1.82, 2.24) is 5.32 Å². The van der Waals surface area contributed by atoms with E-state index < -0.39 is 0 Å². The zero-order chi connectivity index (χ0) is 14.4. The molecule has 118 valence electrons. The number of thioether (sulfide) groups is 1. The zero-order valence-electron chi connectivity index (χ0n) is 11.9. The van der Waals surface area contributed by atoms with E-state index in [0.29, 0.717) is 18.9 Å². The van der Waals surface area contributed by atoms with E-state index >= 15 is 0 Å². The molecule has 0 saturated heterocycles. The largest absolute Gasteiger partial charge is 0.355 e. The molecule has 2 rings (SSSR count). The third-order valence-electron chi connectivity index (χ3n) is 3.67. The number of amides is 1. The van der Waals surface area contributed by atoms with Gasteiger partial charge < -0.3 is 11.1 Å². The lowest BCUT2D eigenvalue weighted by molar-refractivity contribution is -0.121. The highest BCUT2D eigenvalue weighted by Gasteiger charge is 2.25. The minimum absolute atomic E-state index is 0. The van der Waals surface area contributed by atoms with Crippen LogP contribution in [0.2, 0.25) is 5.02 Å². The van der Waals surface area contributed by atoms with E-state index in [4.69, 9.17) is 17.3 Å². The van der Waals surface area contributed by atoms with Crippen LogP contribution in [0.1, 0.15) is 25.7 Å². The van der Waals surface area contributed by atoms with Gasteiger partial charge in [-0.05, 0) is 43.0 Å². The van der Waals surface area contributed by atoms with Crippen molar-refractivity contribution in [1.29, 1.82) is 0 Å². The second-order valence-electron chi connectivity index (χ2n) is 5.21. The van der Waals surface area contributed by atoms with Gasteiger partial charge in [-0.1, -0.05) is 18.0 Å². The van der Waals surface area contributed by atoms with Crippen LogP contribution >= 0.6 is 35.8 Å². The highest BCUT2D eigenvalue weighted by atomic mass is 35.5. The average molecular weight is 349 g/mol. The molecule has 1 fully saturated rings. The molecule has 1 aliphatic rings. The van der Waals surface area contributed by atoms with Gasteiger partial charge in [-0.3, -0.25) is 4.79 Å². The number of nitrogens with one attached hydrogen (secondary N) is 1. The first kappa shape index (κ1) is 18.6. The van der Waals surface area contributed by atoms with Crippen molar-refractivity contribution in [2.24, 2.45) is 11.7 Å². The predicted molar refractivity (Wildman–Crippen MR) is 92.4 cm³/mol. The molecule has 2 atom stereocenters. The van der Waals surface area contributed by atoms with Gasteiger partial charge in [0.2, 0.25) is 5.91 Å². The van der Waals surface area contributed by atoms with Crippen molar-refractivity contribution in [2.75, 3.05) is 12.3 Å². The topological polar surface area (TPSA) is 55.1 Å². The number of carbonyl (C=O) groups excluding carboxylic acids is 1. The molecule has 0 unspecified atom stereocenters. The van der Waals surface area contributed by atoms with Crippen molar-refractivity contribution in [3.63, 3.8) is 0 Å². The molecule has 1 aromatic carbocycles. The SMILES string of the molecule is Cl.N[C@@H]1CCC[C@H]1CC(=O)NCCSc1ccc(Cl)cc1. The summed E-state index contributed by atoms with van der Waals surface area (Å²) in [6, 6.07) is 7.95. The molecule has 0 heterocycles. The molecular formula is C15H22Cl2N2OS. The first-order valence-corrected chi connectivity index (χ1v) is 8.42. The monoisotopic (exact) mass is 348 g/mol. The Morgan fingerprint density at radius 1 is 1.33 bits per heavy atom. The van der Waals surface area contributed by atoms with E-state index in [1.165, 1.54) is 4.90 Å². The van der Waals surface area contributed by atoms with Gasteiger partial charge >= 0.3 is 0 Å². The normalized spacial score (nSPS) is 20.9. The molecular weight excluding hydrogens is 327 g/mol. The standard InChI is InChI=1S/C15H21ClN2OS.ClH/c16-12-4-6-13(7-5-12)20-9-8-18-15(19)10-11-2-1-3-14(11)17;/h4-7,11,14H,1-3,8-10,17H2,(H,18,19);1H/t11-,14+;/m0./s1. The fourth-order valence-electron chi connectivity index (χ4n) is 2.52. The molecule has 6 heteroatoms. The van der Waals surface area contributed by atoms with Crippen LogP contribution in [0.4, 0.5) is 0 Å². The fraction of sp³-hybridized carbons (Fsp3) is 0.533. The Hall–Kier alpha value is -0.420. The molecule has 0 spiro atoms. The van der Waals surface area contributed by atoms with Crippen LogP contribution in [0.3, 0.4) is 0 Å². The van der Waals surface area contributed by atoms with Crippen LogP contribution in [-0.4, -0.2) is 24.2 Å². The molecule has 0 bridgehead atoms. The lowest BCUT2D eigenvalue weighted by atomic mass is 10.00. The summed E-state index contributed by atoms with van der Waals surface area (Å²) in [5.74, 6) is 1.37. The van der Waals surface area contributed by atoms with E-state index in [9.17, 15) is 4.79 Å². The maximum absolute atomic E-state index is 11.8. The average Bonchev–Trinajstić information content (AvgIpc) is 2.82. The lowest BCUT2D eigenvalue weighted by Crippen LogP contribution is -2.32. The second kappa shape index (κ2) is 9.57. The van der Waals surface area contributed by atoms with E-state index in [2.05, 4.69) is 5.32 Å². The third kappa shape index (κ3) is 6.47. The molecule has 0 aromatic heterocycles. The summed E-state index contributed by atoms with van der Waals surface area (Å²) in [6.45, 7) is 0.689. The molecule has 0 aliphatic heterocycles. The summed E-state index contributed by atoms with van der Waals surface area (Å²) < 4.78 is 0. The van der Waals surface area contributed by atoms with Crippen molar-refractivity contribution in [3.8, 4) is 0 Å². The van der Waals surface area contributed by atoms with E-state index in [1.807, 2.05) is 24.3 Å². The molecule has 21 heavy (non-hydrogen) atoms. The minimum Gasteiger partial charge on any atom is -0.355 e. The summed E-state index contributed by atoms with van der Waals surface area (Å²) >= 11 is 7.55. The van der Waals surface area contributed by atoms with E-state index in [-0.39, 0.29) is 24.4 Å². The Bertz CT molecular complexity index is 442. The van der Waals surface area contributed by atoms with Crippen molar-refractivity contribution < 1.29 is 4.79 Å². The number of hydrogen-bond donors (Lipinski definition) is 2. The zero-order valence-corrected chi connectivity index (χ0v) is 14.3. The molecule has 0 radical (unpaired) electrons. The smallest absolute Gasteiger partial charge is 0.220 e. The number of halogens is 2. The van der Waals surface area contributed by atoms with E-state index in [0.717, 1.165) is 30.0 Å². The van der Waals surface area contributed by atoms with Crippen molar-refractivity contribution in [2.45, 2.75) is 36.6 Å². The molecule has 1 saturated carbocycles. The number of nitrogens with two attached hydrogens (primary N) is 1. The lowest BCUT2D eigenvalue weighted by Gasteiger charge is -2.14. The number of benzene rings is 1. The van der Waals surface area contributed by atoms with Gasteiger partial charge in [0.15, 0.2) is 0 Å². The first-order chi connectivity index (χ1) is 9.65. The highest BCUT2D eigenvalue weighted by Crippen LogP contribution is 2.26. The number of rotatable bonds is 6. The Kier molecular flexibility index (Phi) is 8.49. The highest BCUT2D eigenvalue weighted by molar-refractivity contribution is 7.99. The van der Waals surface area contributed by atoms with Crippen LogP contribution in [0.5, 0.6) is 0 Å². The fourth-order valence-corrected chi connectivity index (χ4v) is 3.41. The van der Waals surface area contributed by atoms with Gasteiger partial charge in [-0.25, -0.2) is 0 Å². The summed E-state index contributed by atoms with van der Waals surface area (Å²) in [5, 5.41) is 3.72. The molecule has 3 N–H and O–H groups in total. The predicted octanol–water partition coefficient (Wildman–Crippen LogP) is 3.49. The van der Waals surface area contributed by atoms with Crippen LogP contribution in [0.15, 0.2) is 29.2 Å². The van der Waals surface area contributed by atoms with Crippen molar-refractivity contribution >= 4 is 41.7 Å². The molecule has 1 amide bonds. The molecule has 3 nitrogen and oxygen atoms in total. The molecule has 1 aromatic rings. The van der Waals surface area contributed by atoms with Crippen LogP contribution in [-0.2, 0) is 4.79 Å². The van der Waals surface area contributed by atoms with Gasteiger partial charge in [0.25, 0.3) is 0 Å².